The normalized spacial score (nSPS) is 10.2. The van der Waals surface area contributed by atoms with Crippen LogP contribution in [0.4, 0.5) is 8.78 Å². The molecule has 0 fully saturated rings. The van der Waals surface area contributed by atoms with Gasteiger partial charge in [0, 0.05) is 6.42 Å². The Hall–Kier alpha value is -1.29. The summed E-state index contributed by atoms with van der Waals surface area (Å²) in [6.07, 6.45) is -0.0789. The van der Waals surface area contributed by atoms with Gasteiger partial charge in [0.15, 0.2) is 17.4 Å². The third-order valence-corrected chi connectivity index (χ3v) is 1.79. The fourth-order valence-electron chi connectivity index (χ4n) is 1.16. The fraction of sp³-hybridized carbons (Fsp3) is 0.300. The number of likely N-dealkylation sites (N-methyl/N-ethyl adjacent to an activating group) is 1. The standard InChI is InChI=1S/C10H11F2NO/c1-13-6-8(14)5-7-3-2-4-9(11)10(7)12/h2-4,13H,5-6H2,1H3. The maximum absolute atomic E-state index is 13.1. The van der Waals surface area contributed by atoms with Crippen molar-refractivity contribution in [1.82, 2.24) is 5.32 Å². The van der Waals surface area contributed by atoms with Crippen molar-refractivity contribution in [3.63, 3.8) is 0 Å². The van der Waals surface area contributed by atoms with Crippen LogP contribution in [-0.2, 0) is 11.2 Å². The molecule has 1 aromatic carbocycles. The van der Waals surface area contributed by atoms with E-state index in [9.17, 15) is 13.6 Å². The van der Waals surface area contributed by atoms with E-state index in [1.54, 1.807) is 7.05 Å². The lowest BCUT2D eigenvalue weighted by Crippen LogP contribution is -2.20. The van der Waals surface area contributed by atoms with E-state index in [0.717, 1.165) is 6.07 Å². The molecular formula is C10H11F2NO. The van der Waals surface area contributed by atoms with Gasteiger partial charge in [-0.1, -0.05) is 12.1 Å². The van der Waals surface area contributed by atoms with Gasteiger partial charge in [0.1, 0.15) is 0 Å². The number of hydrogen-bond donors (Lipinski definition) is 1. The lowest BCUT2D eigenvalue weighted by Gasteiger charge is -2.02. The molecule has 0 aromatic heterocycles. The van der Waals surface area contributed by atoms with E-state index in [1.807, 2.05) is 0 Å². The molecule has 2 nitrogen and oxygen atoms in total. The molecule has 76 valence electrons. The molecule has 0 heterocycles. The Morgan fingerprint density at radius 2 is 2.14 bits per heavy atom. The third-order valence-electron chi connectivity index (χ3n) is 1.79. The minimum Gasteiger partial charge on any atom is -0.313 e. The molecule has 1 aromatic rings. The van der Waals surface area contributed by atoms with Crippen molar-refractivity contribution in [3.8, 4) is 0 Å². The molecule has 0 bridgehead atoms. The number of Topliss-reactive ketones (excluding diaryl/α,β-unsaturated/α-hetero) is 1. The molecule has 0 aliphatic carbocycles. The maximum atomic E-state index is 13.1. The summed E-state index contributed by atoms with van der Waals surface area (Å²) in [7, 11) is 1.62. The van der Waals surface area contributed by atoms with Crippen LogP contribution in [0.5, 0.6) is 0 Å². The Bertz CT molecular complexity index is 339. The highest BCUT2D eigenvalue weighted by atomic mass is 19.2. The number of ketones is 1. The molecule has 0 aliphatic rings. The molecule has 0 unspecified atom stereocenters. The van der Waals surface area contributed by atoms with Gasteiger partial charge < -0.3 is 5.32 Å². The fourth-order valence-corrected chi connectivity index (χ4v) is 1.16. The van der Waals surface area contributed by atoms with E-state index >= 15 is 0 Å². The van der Waals surface area contributed by atoms with E-state index < -0.39 is 11.6 Å². The van der Waals surface area contributed by atoms with Crippen molar-refractivity contribution >= 4 is 5.78 Å². The van der Waals surface area contributed by atoms with E-state index in [4.69, 9.17) is 0 Å². The van der Waals surface area contributed by atoms with Gasteiger partial charge in [0.2, 0.25) is 0 Å². The van der Waals surface area contributed by atoms with Crippen LogP contribution in [0.1, 0.15) is 5.56 Å². The first-order valence-electron chi connectivity index (χ1n) is 4.24. The molecular weight excluding hydrogens is 188 g/mol. The van der Waals surface area contributed by atoms with Gasteiger partial charge in [-0.3, -0.25) is 4.79 Å². The van der Waals surface area contributed by atoms with Gasteiger partial charge in [0.25, 0.3) is 0 Å². The molecule has 1 rings (SSSR count). The van der Waals surface area contributed by atoms with Crippen LogP contribution in [0.2, 0.25) is 0 Å². The van der Waals surface area contributed by atoms with Gasteiger partial charge in [-0.05, 0) is 18.7 Å². The topological polar surface area (TPSA) is 29.1 Å². The van der Waals surface area contributed by atoms with Crippen molar-refractivity contribution in [2.24, 2.45) is 0 Å². The molecule has 1 N–H and O–H groups in total. The van der Waals surface area contributed by atoms with Crippen LogP contribution in [0.25, 0.3) is 0 Å². The summed E-state index contributed by atoms with van der Waals surface area (Å²) in [5.41, 5.74) is 0.102. The Morgan fingerprint density at radius 1 is 1.43 bits per heavy atom. The van der Waals surface area contributed by atoms with Crippen molar-refractivity contribution < 1.29 is 13.6 Å². The quantitative estimate of drug-likeness (QED) is 0.791. The molecule has 0 radical (unpaired) electrons. The van der Waals surface area contributed by atoms with Gasteiger partial charge in [-0.2, -0.15) is 0 Å². The van der Waals surface area contributed by atoms with Crippen LogP contribution < -0.4 is 5.32 Å². The van der Waals surface area contributed by atoms with Gasteiger partial charge in [-0.15, -0.1) is 0 Å². The Kier molecular flexibility index (Phi) is 3.71. The number of halogens is 2. The summed E-state index contributed by atoms with van der Waals surface area (Å²) in [6.45, 7) is 0.163. The van der Waals surface area contributed by atoms with Crippen LogP contribution in [0.15, 0.2) is 18.2 Å². The molecule has 0 aliphatic heterocycles. The Labute approximate surface area is 80.9 Å². The Balaban J connectivity index is 2.76. The van der Waals surface area contributed by atoms with E-state index in [2.05, 4.69) is 5.32 Å². The number of rotatable bonds is 4. The predicted octanol–water partition coefficient (Wildman–Crippen LogP) is 1.30. The lowest BCUT2D eigenvalue weighted by atomic mass is 10.1. The van der Waals surface area contributed by atoms with Gasteiger partial charge >= 0.3 is 0 Å². The molecule has 0 spiro atoms. The molecule has 0 amide bonds. The third kappa shape index (κ3) is 2.60. The Morgan fingerprint density at radius 3 is 2.79 bits per heavy atom. The summed E-state index contributed by atoms with van der Waals surface area (Å²) >= 11 is 0. The minimum absolute atomic E-state index is 0.0789. The zero-order valence-electron chi connectivity index (χ0n) is 7.81. The molecule has 4 heteroatoms. The lowest BCUT2D eigenvalue weighted by molar-refractivity contribution is -0.117. The number of carbonyl (C=O) groups excluding carboxylic acids is 1. The second-order valence-electron chi connectivity index (χ2n) is 2.96. The second kappa shape index (κ2) is 4.81. The number of carbonyl (C=O) groups is 1. The van der Waals surface area contributed by atoms with E-state index in [1.165, 1.54) is 12.1 Å². The molecule has 14 heavy (non-hydrogen) atoms. The van der Waals surface area contributed by atoms with Crippen molar-refractivity contribution in [1.29, 1.82) is 0 Å². The first kappa shape index (κ1) is 10.8. The highest BCUT2D eigenvalue weighted by Crippen LogP contribution is 2.11. The predicted molar refractivity (Wildman–Crippen MR) is 49.0 cm³/mol. The highest BCUT2D eigenvalue weighted by molar-refractivity contribution is 5.82. The first-order chi connectivity index (χ1) is 6.65. The molecule has 0 saturated carbocycles. The largest absolute Gasteiger partial charge is 0.313 e. The maximum Gasteiger partial charge on any atom is 0.162 e. The number of benzene rings is 1. The monoisotopic (exact) mass is 199 g/mol. The SMILES string of the molecule is CNCC(=O)Cc1cccc(F)c1F. The number of hydrogen-bond acceptors (Lipinski definition) is 2. The van der Waals surface area contributed by atoms with Crippen LogP contribution in [-0.4, -0.2) is 19.4 Å². The van der Waals surface area contributed by atoms with Crippen molar-refractivity contribution in [2.45, 2.75) is 6.42 Å². The van der Waals surface area contributed by atoms with Crippen molar-refractivity contribution in [2.75, 3.05) is 13.6 Å². The zero-order valence-corrected chi connectivity index (χ0v) is 7.81. The smallest absolute Gasteiger partial charge is 0.162 e. The molecule has 0 saturated heterocycles. The summed E-state index contributed by atoms with van der Waals surface area (Å²) in [6, 6.07) is 3.83. The van der Waals surface area contributed by atoms with E-state index in [0.29, 0.717) is 0 Å². The van der Waals surface area contributed by atoms with Crippen LogP contribution >= 0.6 is 0 Å². The first-order valence-corrected chi connectivity index (χ1v) is 4.24. The van der Waals surface area contributed by atoms with Crippen LogP contribution in [0.3, 0.4) is 0 Å². The van der Waals surface area contributed by atoms with Gasteiger partial charge in [-0.25, -0.2) is 8.78 Å². The molecule has 0 atom stereocenters. The average Bonchev–Trinajstić information content (AvgIpc) is 2.13. The summed E-state index contributed by atoms with van der Waals surface area (Å²) in [4.78, 5) is 11.1. The average molecular weight is 199 g/mol. The summed E-state index contributed by atoms with van der Waals surface area (Å²) < 4.78 is 25.8. The van der Waals surface area contributed by atoms with Crippen molar-refractivity contribution in [3.05, 3.63) is 35.4 Å². The highest BCUT2D eigenvalue weighted by Gasteiger charge is 2.10. The van der Waals surface area contributed by atoms with E-state index in [-0.39, 0.29) is 24.3 Å². The second-order valence-corrected chi connectivity index (χ2v) is 2.96. The summed E-state index contributed by atoms with van der Waals surface area (Å²) in [5.74, 6) is -2.02. The zero-order chi connectivity index (χ0) is 10.6. The van der Waals surface area contributed by atoms with Crippen LogP contribution in [0, 0.1) is 11.6 Å². The number of nitrogens with one attached hydrogen (secondary N) is 1. The van der Waals surface area contributed by atoms with Gasteiger partial charge in [0.05, 0.1) is 6.54 Å². The summed E-state index contributed by atoms with van der Waals surface area (Å²) in [5, 5.41) is 2.66. The minimum atomic E-state index is -0.933.